The first-order chi connectivity index (χ1) is 11.2. The van der Waals surface area contributed by atoms with Crippen LogP contribution < -0.4 is 15.7 Å². The standard InChI is InChI=1S/C18H22N2O3/c1-23-20-16(11-14-9-5-6-10-15(14)18(20)22)17(21)19-12-13-7-3-2-4-8-13/h5-6,9-11,13H,2-4,7-8,12H2,1H3,(H,19,21). The predicted molar refractivity (Wildman–Crippen MR) is 89.6 cm³/mol. The van der Waals surface area contributed by atoms with E-state index in [0.717, 1.165) is 23.0 Å². The molecule has 1 aromatic heterocycles. The lowest BCUT2D eigenvalue weighted by atomic mass is 9.89. The first kappa shape index (κ1) is 15.6. The van der Waals surface area contributed by atoms with E-state index in [9.17, 15) is 9.59 Å². The zero-order valence-corrected chi connectivity index (χ0v) is 13.4. The fraction of sp³-hybridized carbons (Fsp3) is 0.444. The van der Waals surface area contributed by atoms with Crippen LogP contribution in [0.15, 0.2) is 35.1 Å². The molecule has 3 rings (SSSR count). The number of amides is 1. The fourth-order valence-electron chi connectivity index (χ4n) is 3.30. The number of nitrogens with zero attached hydrogens (tertiary/aromatic N) is 1. The van der Waals surface area contributed by atoms with E-state index in [1.165, 1.54) is 26.4 Å². The summed E-state index contributed by atoms with van der Waals surface area (Å²) < 4.78 is 1.07. The summed E-state index contributed by atoms with van der Waals surface area (Å²) >= 11 is 0. The van der Waals surface area contributed by atoms with Gasteiger partial charge in [0.25, 0.3) is 11.5 Å². The molecule has 0 atom stereocenters. The normalized spacial score (nSPS) is 15.5. The van der Waals surface area contributed by atoms with Gasteiger partial charge in [0.05, 0.1) is 5.39 Å². The minimum atomic E-state index is -0.312. The highest BCUT2D eigenvalue weighted by atomic mass is 16.6. The van der Waals surface area contributed by atoms with Crippen LogP contribution in [0.2, 0.25) is 0 Å². The lowest BCUT2D eigenvalue weighted by Crippen LogP contribution is -2.37. The molecule has 5 nitrogen and oxygen atoms in total. The predicted octanol–water partition coefficient (Wildman–Crippen LogP) is 2.37. The molecular weight excluding hydrogens is 292 g/mol. The van der Waals surface area contributed by atoms with Crippen LogP contribution in [-0.2, 0) is 0 Å². The Labute approximate surface area is 135 Å². The number of fused-ring (bicyclic) bond motifs is 1. The fourth-order valence-corrected chi connectivity index (χ4v) is 3.30. The molecule has 1 amide bonds. The second-order valence-corrected chi connectivity index (χ2v) is 6.11. The number of carbonyl (C=O) groups excluding carboxylic acids is 1. The van der Waals surface area contributed by atoms with Gasteiger partial charge in [-0.1, -0.05) is 37.5 Å². The summed E-state index contributed by atoms with van der Waals surface area (Å²) in [4.78, 5) is 30.1. The lowest BCUT2D eigenvalue weighted by molar-refractivity contribution is 0.0875. The maximum absolute atomic E-state index is 12.5. The monoisotopic (exact) mass is 314 g/mol. The number of carbonyl (C=O) groups is 1. The van der Waals surface area contributed by atoms with Crippen molar-refractivity contribution in [3.05, 3.63) is 46.4 Å². The van der Waals surface area contributed by atoms with E-state index in [-0.39, 0.29) is 17.2 Å². The number of rotatable bonds is 4. The van der Waals surface area contributed by atoms with Gasteiger partial charge in [-0.05, 0) is 36.3 Å². The SMILES string of the molecule is COn1c(C(=O)NCC2CCCCC2)cc2ccccc2c1=O. The molecule has 2 aromatic rings. The number of nitrogens with one attached hydrogen (secondary N) is 1. The van der Waals surface area contributed by atoms with Crippen LogP contribution in [0.3, 0.4) is 0 Å². The van der Waals surface area contributed by atoms with Gasteiger partial charge in [-0.2, -0.15) is 0 Å². The molecule has 1 aliphatic carbocycles. The van der Waals surface area contributed by atoms with Crippen molar-refractivity contribution in [2.75, 3.05) is 13.7 Å². The van der Waals surface area contributed by atoms with Gasteiger partial charge in [0, 0.05) is 6.54 Å². The van der Waals surface area contributed by atoms with Crippen LogP contribution in [0.25, 0.3) is 10.8 Å². The molecule has 5 heteroatoms. The number of pyridine rings is 1. The van der Waals surface area contributed by atoms with Gasteiger partial charge in [0.1, 0.15) is 12.8 Å². The van der Waals surface area contributed by atoms with E-state index in [2.05, 4.69) is 5.32 Å². The first-order valence-corrected chi connectivity index (χ1v) is 8.18. The molecule has 0 bridgehead atoms. The Morgan fingerprint density at radius 2 is 2.00 bits per heavy atom. The van der Waals surface area contributed by atoms with Gasteiger partial charge in [0.2, 0.25) is 0 Å². The first-order valence-electron chi connectivity index (χ1n) is 8.18. The summed E-state index contributed by atoms with van der Waals surface area (Å²) in [6, 6.07) is 8.91. The van der Waals surface area contributed by atoms with Crippen LogP contribution in [0, 0.1) is 5.92 Å². The van der Waals surface area contributed by atoms with Gasteiger partial charge in [0.15, 0.2) is 0 Å². The minimum absolute atomic E-state index is 0.243. The largest absolute Gasteiger partial charge is 0.413 e. The third-order valence-electron chi connectivity index (χ3n) is 4.58. The zero-order valence-electron chi connectivity index (χ0n) is 13.4. The second kappa shape index (κ2) is 6.86. The highest BCUT2D eigenvalue weighted by molar-refractivity contribution is 5.96. The van der Waals surface area contributed by atoms with Gasteiger partial charge < -0.3 is 10.2 Å². The van der Waals surface area contributed by atoms with E-state index in [4.69, 9.17) is 4.84 Å². The Morgan fingerprint density at radius 3 is 2.74 bits per heavy atom. The third kappa shape index (κ3) is 3.23. The molecule has 0 aliphatic heterocycles. The Morgan fingerprint density at radius 1 is 1.26 bits per heavy atom. The maximum Gasteiger partial charge on any atom is 0.291 e. The molecule has 1 N–H and O–H groups in total. The van der Waals surface area contributed by atoms with Crippen molar-refractivity contribution in [1.29, 1.82) is 0 Å². The summed E-state index contributed by atoms with van der Waals surface area (Å²) in [5.41, 5.74) is -0.0691. The number of hydrogen-bond donors (Lipinski definition) is 1. The molecule has 1 aromatic carbocycles. The molecule has 1 fully saturated rings. The molecule has 1 heterocycles. The van der Waals surface area contributed by atoms with E-state index in [1.807, 2.05) is 12.1 Å². The van der Waals surface area contributed by atoms with Gasteiger partial charge >= 0.3 is 0 Å². The summed E-state index contributed by atoms with van der Waals surface area (Å²) in [5, 5.41) is 4.24. The van der Waals surface area contributed by atoms with E-state index in [0.29, 0.717) is 17.8 Å². The molecule has 122 valence electrons. The molecule has 1 aliphatic rings. The topological polar surface area (TPSA) is 60.3 Å². The quantitative estimate of drug-likeness (QED) is 0.942. The summed E-state index contributed by atoms with van der Waals surface area (Å²) in [6.45, 7) is 0.656. The Balaban J connectivity index is 1.85. The highest BCUT2D eigenvalue weighted by Crippen LogP contribution is 2.22. The van der Waals surface area contributed by atoms with Crippen LogP contribution in [0.1, 0.15) is 42.6 Å². The molecule has 23 heavy (non-hydrogen) atoms. The van der Waals surface area contributed by atoms with Crippen molar-refractivity contribution in [1.82, 2.24) is 10.0 Å². The van der Waals surface area contributed by atoms with Crippen LogP contribution in [0.5, 0.6) is 0 Å². The van der Waals surface area contributed by atoms with Gasteiger partial charge in [-0.3, -0.25) is 9.59 Å². The number of hydrogen-bond acceptors (Lipinski definition) is 3. The van der Waals surface area contributed by atoms with E-state index >= 15 is 0 Å². The molecule has 1 saturated carbocycles. The number of benzene rings is 1. The Hall–Kier alpha value is -2.30. The molecule has 0 saturated heterocycles. The van der Waals surface area contributed by atoms with Crippen molar-refractivity contribution < 1.29 is 9.63 Å². The van der Waals surface area contributed by atoms with E-state index < -0.39 is 0 Å². The summed E-state index contributed by atoms with van der Waals surface area (Å²) in [6.07, 6.45) is 6.08. The van der Waals surface area contributed by atoms with Crippen molar-refractivity contribution >= 4 is 16.7 Å². The number of aromatic nitrogens is 1. The molecule has 0 radical (unpaired) electrons. The van der Waals surface area contributed by atoms with Crippen molar-refractivity contribution in [3.8, 4) is 0 Å². The smallest absolute Gasteiger partial charge is 0.291 e. The van der Waals surface area contributed by atoms with Crippen LogP contribution in [-0.4, -0.2) is 24.3 Å². The molecular formula is C18H22N2O3. The van der Waals surface area contributed by atoms with Gasteiger partial charge in [-0.15, -0.1) is 4.73 Å². The van der Waals surface area contributed by atoms with Gasteiger partial charge in [-0.25, -0.2) is 0 Å². The van der Waals surface area contributed by atoms with Crippen LogP contribution >= 0.6 is 0 Å². The second-order valence-electron chi connectivity index (χ2n) is 6.11. The summed E-state index contributed by atoms with van der Waals surface area (Å²) in [7, 11) is 1.40. The average Bonchev–Trinajstić information content (AvgIpc) is 2.60. The minimum Gasteiger partial charge on any atom is -0.413 e. The van der Waals surface area contributed by atoms with Crippen LogP contribution in [0.4, 0.5) is 0 Å². The Bertz CT molecular complexity index is 760. The third-order valence-corrected chi connectivity index (χ3v) is 4.58. The summed E-state index contributed by atoms with van der Waals surface area (Å²) in [5.74, 6) is 0.274. The molecule has 0 spiro atoms. The van der Waals surface area contributed by atoms with E-state index in [1.54, 1.807) is 18.2 Å². The zero-order chi connectivity index (χ0) is 16.2. The van der Waals surface area contributed by atoms with Crippen molar-refractivity contribution in [2.24, 2.45) is 5.92 Å². The Kier molecular flexibility index (Phi) is 4.65. The van der Waals surface area contributed by atoms with Crippen molar-refractivity contribution in [2.45, 2.75) is 32.1 Å². The molecule has 0 unspecified atom stereocenters. The lowest BCUT2D eigenvalue weighted by Gasteiger charge is -2.22. The van der Waals surface area contributed by atoms with Crippen molar-refractivity contribution in [3.63, 3.8) is 0 Å². The maximum atomic E-state index is 12.5. The highest BCUT2D eigenvalue weighted by Gasteiger charge is 2.18. The average molecular weight is 314 g/mol.